The average molecular weight is 392 g/mol. The molecule has 5 nitrogen and oxygen atoms in total. The molecule has 0 radical (unpaired) electrons. The van der Waals surface area contributed by atoms with Crippen molar-refractivity contribution in [2.24, 2.45) is 0 Å². The fraction of sp³-hybridized carbons (Fsp3) is 0.182. The van der Waals surface area contributed by atoms with Crippen LogP contribution in [0.15, 0.2) is 71.0 Å². The van der Waals surface area contributed by atoms with E-state index in [4.69, 9.17) is 5.26 Å². The number of hydrogen-bond donors (Lipinski definition) is 1. The first kappa shape index (κ1) is 21.0. The first-order valence-electron chi connectivity index (χ1n) is 8.51. The first-order chi connectivity index (χ1) is 13.3. The molecule has 0 aliphatic rings. The Morgan fingerprint density at radius 3 is 2.36 bits per heavy atom. The summed E-state index contributed by atoms with van der Waals surface area (Å²) >= 11 is 0. The van der Waals surface area contributed by atoms with Gasteiger partial charge in [0.25, 0.3) is 0 Å². The molecule has 0 atom stereocenters. The fourth-order valence-corrected chi connectivity index (χ4v) is 3.32. The van der Waals surface area contributed by atoms with Gasteiger partial charge in [0, 0.05) is 17.0 Å². The SMILES string of the molecule is CC(C)(C(=O)NCC#Cc1ccccc1)c1ccc(S(=O)(=O)/C=C/C#N)cc1. The summed E-state index contributed by atoms with van der Waals surface area (Å²) in [5, 5.41) is 12.1. The van der Waals surface area contributed by atoms with Gasteiger partial charge in [-0.25, -0.2) is 8.42 Å². The zero-order valence-corrected chi connectivity index (χ0v) is 16.5. The van der Waals surface area contributed by atoms with Crippen molar-refractivity contribution in [1.82, 2.24) is 5.32 Å². The van der Waals surface area contributed by atoms with Gasteiger partial charge in [-0.15, -0.1) is 0 Å². The molecule has 6 heteroatoms. The van der Waals surface area contributed by atoms with Crippen molar-refractivity contribution in [3.05, 3.63) is 77.2 Å². The average Bonchev–Trinajstić information content (AvgIpc) is 2.70. The Morgan fingerprint density at radius 1 is 1.11 bits per heavy atom. The lowest BCUT2D eigenvalue weighted by atomic mass is 9.84. The van der Waals surface area contributed by atoms with Crippen LogP contribution >= 0.6 is 0 Å². The summed E-state index contributed by atoms with van der Waals surface area (Å²) in [7, 11) is -3.67. The lowest BCUT2D eigenvalue weighted by Crippen LogP contribution is -2.40. The molecule has 2 aromatic rings. The van der Waals surface area contributed by atoms with E-state index in [0.717, 1.165) is 17.0 Å². The number of benzene rings is 2. The van der Waals surface area contributed by atoms with Crippen molar-refractivity contribution in [2.75, 3.05) is 6.54 Å². The van der Waals surface area contributed by atoms with Gasteiger partial charge < -0.3 is 5.32 Å². The molecule has 2 aromatic carbocycles. The van der Waals surface area contributed by atoms with Gasteiger partial charge in [0.2, 0.25) is 15.7 Å². The van der Waals surface area contributed by atoms with E-state index in [1.54, 1.807) is 32.0 Å². The normalized spacial score (nSPS) is 11.3. The van der Waals surface area contributed by atoms with Gasteiger partial charge in [0.15, 0.2) is 0 Å². The number of hydrogen-bond acceptors (Lipinski definition) is 4. The van der Waals surface area contributed by atoms with Gasteiger partial charge in [-0.1, -0.05) is 42.2 Å². The summed E-state index contributed by atoms with van der Waals surface area (Å²) < 4.78 is 24.1. The van der Waals surface area contributed by atoms with Crippen molar-refractivity contribution >= 4 is 15.7 Å². The zero-order valence-electron chi connectivity index (χ0n) is 15.6. The van der Waals surface area contributed by atoms with Gasteiger partial charge >= 0.3 is 0 Å². The van der Waals surface area contributed by atoms with Gasteiger partial charge in [0.1, 0.15) is 0 Å². The van der Waals surface area contributed by atoms with E-state index in [2.05, 4.69) is 17.2 Å². The molecule has 2 rings (SSSR count). The molecule has 0 aliphatic carbocycles. The Hall–Kier alpha value is -3.35. The van der Waals surface area contributed by atoms with Crippen LogP contribution in [0, 0.1) is 23.2 Å². The number of carbonyl (C=O) groups excluding carboxylic acids is 1. The lowest BCUT2D eigenvalue weighted by Gasteiger charge is -2.23. The van der Waals surface area contributed by atoms with Crippen molar-refractivity contribution in [3.63, 3.8) is 0 Å². The predicted molar refractivity (Wildman–Crippen MR) is 108 cm³/mol. The molecule has 0 heterocycles. The smallest absolute Gasteiger partial charge is 0.230 e. The third-order valence-electron chi connectivity index (χ3n) is 4.14. The Kier molecular flexibility index (Phi) is 6.76. The molecular weight excluding hydrogens is 372 g/mol. The standard InChI is InChI=1S/C22H20N2O3S/c1-22(2,21(25)24-16-6-10-18-8-4-3-5-9-18)19-11-13-20(14-12-19)28(26,27)17-7-15-23/h3-5,7-9,11-14,17H,16H2,1-2H3,(H,24,25)/b17-7+. The number of carbonyl (C=O) groups is 1. The molecule has 0 spiro atoms. The zero-order chi connectivity index (χ0) is 20.6. The summed E-state index contributed by atoms with van der Waals surface area (Å²) in [6.07, 6.45) is 0.914. The molecule has 0 aliphatic heterocycles. The molecule has 0 aromatic heterocycles. The maximum absolute atomic E-state index is 12.6. The highest BCUT2D eigenvalue weighted by Gasteiger charge is 2.29. The molecule has 0 bridgehead atoms. The van der Waals surface area contributed by atoms with E-state index in [-0.39, 0.29) is 17.3 Å². The van der Waals surface area contributed by atoms with Crippen molar-refractivity contribution in [1.29, 1.82) is 5.26 Å². The van der Waals surface area contributed by atoms with Crippen LogP contribution in [0.1, 0.15) is 25.0 Å². The first-order valence-corrected chi connectivity index (χ1v) is 10.1. The third-order valence-corrected chi connectivity index (χ3v) is 5.56. The molecule has 0 saturated carbocycles. The summed E-state index contributed by atoms with van der Waals surface area (Å²) in [6.45, 7) is 3.72. The number of sulfone groups is 1. The summed E-state index contributed by atoms with van der Waals surface area (Å²) in [5.74, 6) is 5.67. The van der Waals surface area contributed by atoms with Crippen molar-refractivity contribution in [2.45, 2.75) is 24.2 Å². The Bertz CT molecular complexity index is 1070. The fourth-order valence-electron chi connectivity index (χ4n) is 2.40. The molecule has 1 N–H and O–H groups in total. The van der Waals surface area contributed by atoms with Gasteiger partial charge in [0.05, 0.1) is 22.9 Å². The maximum atomic E-state index is 12.6. The highest BCUT2D eigenvalue weighted by atomic mass is 32.2. The molecule has 142 valence electrons. The number of nitrogens with zero attached hydrogens (tertiary/aromatic N) is 1. The van der Waals surface area contributed by atoms with Crippen LogP contribution in [0.3, 0.4) is 0 Å². The molecule has 1 amide bonds. The van der Waals surface area contributed by atoms with Crippen molar-refractivity contribution < 1.29 is 13.2 Å². The Labute approximate surface area is 165 Å². The topological polar surface area (TPSA) is 87.0 Å². The highest BCUT2D eigenvalue weighted by Crippen LogP contribution is 2.25. The van der Waals surface area contributed by atoms with Crippen LogP contribution in [-0.2, 0) is 20.0 Å². The van der Waals surface area contributed by atoms with Crippen LogP contribution < -0.4 is 5.32 Å². The van der Waals surface area contributed by atoms with Crippen LogP contribution in [-0.4, -0.2) is 20.9 Å². The molecule has 28 heavy (non-hydrogen) atoms. The van der Waals surface area contributed by atoms with Crippen LogP contribution in [0.25, 0.3) is 0 Å². The van der Waals surface area contributed by atoms with Gasteiger partial charge in [-0.05, 0) is 43.7 Å². The Balaban J connectivity index is 2.07. The highest BCUT2D eigenvalue weighted by molar-refractivity contribution is 7.94. The predicted octanol–water partition coefficient (Wildman–Crippen LogP) is 2.94. The van der Waals surface area contributed by atoms with E-state index in [1.807, 2.05) is 30.3 Å². The van der Waals surface area contributed by atoms with Crippen LogP contribution in [0.5, 0.6) is 0 Å². The minimum atomic E-state index is -3.67. The monoisotopic (exact) mass is 392 g/mol. The van der Waals surface area contributed by atoms with E-state index in [9.17, 15) is 13.2 Å². The van der Waals surface area contributed by atoms with Crippen LogP contribution in [0.2, 0.25) is 0 Å². The quantitative estimate of drug-likeness (QED) is 0.626. The number of nitriles is 1. The minimum Gasteiger partial charge on any atom is -0.344 e. The lowest BCUT2D eigenvalue weighted by molar-refractivity contribution is -0.125. The second-order valence-corrected chi connectivity index (χ2v) is 8.31. The number of amides is 1. The molecule has 0 saturated heterocycles. The minimum absolute atomic E-state index is 0.0627. The van der Waals surface area contributed by atoms with Gasteiger partial charge in [-0.2, -0.15) is 5.26 Å². The largest absolute Gasteiger partial charge is 0.344 e. The number of allylic oxidation sites excluding steroid dienone is 1. The number of rotatable bonds is 5. The second-order valence-electron chi connectivity index (χ2n) is 6.48. The maximum Gasteiger partial charge on any atom is 0.230 e. The Morgan fingerprint density at radius 2 is 1.75 bits per heavy atom. The summed E-state index contributed by atoms with van der Waals surface area (Å²) in [6, 6.07) is 17.2. The molecule has 0 fully saturated rings. The van der Waals surface area contributed by atoms with Gasteiger partial charge in [-0.3, -0.25) is 4.79 Å². The van der Waals surface area contributed by atoms with E-state index in [0.29, 0.717) is 5.56 Å². The number of nitrogens with one attached hydrogen (secondary N) is 1. The van der Waals surface area contributed by atoms with Crippen molar-refractivity contribution in [3.8, 4) is 17.9 Å². The molecular formula is C22H20N2O3S. The van der Waals surface area contributed by atoms with E-state index in [1.165, 1.54) is 12.1 Å². The molecule has 0 unspecified atom stereocenters. The van der Waals surface area contributed by atoms with Crippen LogP contribution in [0.4, 0.5) is 0 Å². The summed E-state index contributed by atoms with van der Waals surface area (Å²) in [4.78, 5) is 12.6. The summed E-state index contributed by atoms with van der Waals surface area (Å²) in [5.41, 5.74) is 0.682. The van der Waals surface area contributed by atoms with E-state index >= 15 is 0 Å². The van der Waals surface area contributed by atoms with E-state index < -0.39 is 15.3 Å². The third kappa shape index (κ3) is 5.33. The second kappa shape index (κ2) is 9.03.